The molecule has 1 aromatic rings. The Hall–Kier alpha value is -2.57. The molecule has 3 amide bonds. The predicted molar refractivity (Wildman–Crippen MR) is 79.4 cm³/mol. The van der Waals surface area contributed by atoms with Gasteiger partial charge in [0, 0.05) is 6.04 Å². The lowest BCUT2D eigenvalue weighted by Crippen LogP contribution is -2.44. The van der Waals surface area contributed by atoms with Crippen LogP contribution in [0.2, 0.25) is 0 Å². The van der Waals surface area contributed by atoms with Gasteiger partial charge in [0.15, 0.2) is 13.2 Å². The van der Waals surface area contributed by atoms with Gasteiger partial charge < -0.3 is 14.8 Å². The first-order chi connectivity index (χ1) is 10.4. The summed E-state index contributed by atoms with van der Waals surface area (Å²) in [6.07, 6.45) is 0. The highest BCUT2D eigenvalue weighted by atomic mass is 16.6. The van der Waals surface area contributed by atoms with Crippen molar-refractivity contribution in [2.45, 2.75) is 26.8 Å². The lowest BCUT2D eigenvalue weighted by atomic mass is 10.2. The number of carbonyl (C=O) groups is 3. The van der Waals surface area contributed by atoms with Gasteiger partial charge in [0.2, 0.25) is 0 Å². The molecular formula is C15H20N2O5. The lowest BCUT2D eigenvalue weighted by molar-refractivity contribution is -0.150. The summed E-state index contributed by atoms with van der Waals surface area (Å²) in [6, 6.07) is 6.49. The number of para-hydroxylation sites is 1. The zero-order valence-electron chi connectivity index (χ0n) is 12.8. The van der Waals surface area contributed by atoms with E-state index in [1.807, 2.05) is 24.4 Å². The fourth-order valence-corrected chi connectivity index (χ4v) is 1.50. The molecule has 0 radical (unpaired) electrons. The van der Waals surface area contributed by atoms with E-state index < -0.39 is 24.5 Å². The molecule has 0 aliphatic rings. The van der Waals surface area contributed by atoms with Crippen molar-refractivity contribution in [2.75, 3.05) is 13.2 Å². The van der Waals surface area contributed by atoms with Crippen molar-refractivity contribution in [3.63, 3.8) is 0 Å². The summed E-state index contributed by atoms with van der Waals surface area (Å²) in [4.78, 5) is 34.1. The molecule has 0 aliphatic carbocycles. The van der Waals surface area contributed by atoms with Crippen LogP contribution in [-0.4, -0.2) is 37.2 Å². The largest absolute Gasteiger partial charge is 0.482 e. The molecule has 0 saturated carbocycles. The smallest absolute Gasteiger partial charge is 0.344 e. The number of imide groups is 1. The predicted octanol–water partition coefficient (Wildman–Crippen LogP) is 1.15. The summed E-state index contributed by atoms with van der Waals surface area (Å²) in [5.41, 5.74) is 0.887. The van der Waals surface area contributed by atoms with Crippen molar-refractivity contribution in [2.24, 2.45) is 0 Å². The second kappa shape index (κ2) is 8.66. The quantitative estimate of drug-likeness (QED) is 0.769. The van der Waals surface area contributed by atoms with Crippen molar-refractivity contribution in [3.8, 4) is 5.75 Å². The third-order valence-electron chi connectivity index (χ3n) is 2.48. The number of benzene rings is 1. The van der Waals surface area contributed by atoms with E-state index in [9.17, 15) is 14.4 Å². The monoisotopic (exact) mass is 308 g/mol. The maximum atomic E-state index is 11.5. The molecule has 7 nitrogen and oxygen atoms in total. The van der Waals surface area contributed by atoms with Gasteiger partial charge in [-0.3, -0.25) is 10.1 Å². The average Bonchev–Trinajstić information content (AvgIpc) is 2.43. The minimum Gasteiger partial charge on any atom is -0.482 e. The van der Waals surface area contributed by atoms with E-state index in [-0.39, 0.29) is 12.6 Å². The van der Waals surface area contributed by atoms with Gasteiger partial charge in [0.1, 0.15) is 5.75 Å². The van der Waals surface area contributed by atoms with E-state index in [1.165, 1.54) is 0 Å². The molecular weight excluding hydrogens is 288 g/mol. The van der Waals surface area contributed by atoms with Crippen LogP contribution < -0.4 is 15.4 Å². The molecule has 0 atom stereocenters. The second-order valence-corrected chi connectivity index (χ2v) is 4.89. The number of rotatable bonds is 6. The third kappa shape index (κ3) is 6.74. The standard InChI is InChI=1S/C15H20N2O5/c1-10(2)16-15(20)17-13(18)8-22-14(19)9-21-12-7-5-4-6-11(12)3/h4-7,10H,8-9H2,1-3H3,(H2,16,17,18,20). The number of aryl methyl sites for hydroxylation is 1. The van der Waals surface area contributed by atoms with Crippen LogP contribution in [0.1, 0.15) is 19.4 Å². The SMILES string of the molecule is Cc1ccccc1OCC(=O)OCC(=O)NC(=O)NC(C)C. The fourth-order valence-electron chi connectivity index (χ4n) is 1.50. The first kappa shape index (κ1) is 17.5. The molecule has 0 aliphatic heterocycles. The van der Waals surface area contributed by atoms with Crippen molar-refractivity contribution < 1.29 is 23.9 Å². The van der Waals surface area contributed by atoms with Crippen LogP contribution in [-0.2, 0) is 14.3 Å². The Balaban J connectivity index is 2.27. The summed E-state index contributed by atoms with van der Waals surface area (Å²) in [6.45, 7) is 4.51. The lowest BCUT2D eigenvalue weighted by Gasteiger charge is -2.10. The maximum absolute atomic E-state index is 11.5. The van der Waals surface area contributed by atoms with Gasteiger partial charge in [-0.05, 0) is 32.4 Å². The molecule has 0 aromatic heterocycles. The number of ether oxygens (including phenoxy) is 2. The molecule has 22 heavy (non-hydrogen) atoms. The maximum Gasteiger partial charge on any atom is 0.344 e. The van der Waals surface area contributed by atoms with Crippen molar-refractivity contribution >= 4 is 17.9 Å². The number of nitrogens with one attached hydrogen (secondary N) is 2. The molecule has 0 saturated heterocycles. The third-order valence-corrected chi connectivity index (χ3v) is 2.48. The average molecular weight is 308 g/mol. The van der Waals surface area contributed by atoms with Crippen LogP contribution >= 0.6 is 0 Å². The normalized spacial score (nSPS) is 10.0. The van der Waals surface area contributed by atoms with Crippen LogP contribution in [0.15, 0.2) is 24.3 Å². The van der Waals surface area contributed by atoms with E-state index in [1.54, 1.807) is 26.0 Å². The Kier molecular flexibility index (Phi) is 6.88. The molecule has 0 fully saturated rings. The highest BCUT2D eigenvalue weighted by Crippen LogP contribution is 2.15. The van der Waals surface area contributed by atoms with E-state index in [0.717, 1.165) is 5.56 Å². The molecule has 2 N–H and O–H groups in total. The minimum atomic E-state index is -0.706. The van der Waals surface area contributed by atoms with Crippen LogP contribution in [0, 0.1) is 6.92 Å². The molecule has 1 rings (SSSR count). The van der Waals surface area contributed by atoms with Crippen molar-refractivity contribution in [1.29, 1.82) is 0 Å². The topological polar surface area (TPSA) is 93.7 Å². The number of hydrogen-bond donors (Lipinski definition) is 2. The van der Waals surface area contributed by atoms with Gasteiger partial charge in [-0.2, -0.15) is 0 Å². The van der Waals surface area contributed by atoms with Crippen LogP contribution in [0.4, 0.5) is 4.79 Å². The zero-order chi connectivity index (χ0) is 16.5. The van der Waals surface area contributed by atoms with Gasteiger partial charge in [-0.25, -0.2) is 9.59 Å². The molecule has 7 heteroatoms. The second-order valence-electron chi connectivity index (χ2n) is 4.89. The highest BCUT2D eigenvalue weighted by molar-refractivity contribution is 5.95. The van der Waals surface area contributed by atoms with E-state index in [4.69, 9.17) is 9.47 Å². The summed E-state index contributed by atoms with van der Waals surface area (Å²) >= 11 is 0. The van der Waals surface area contributed by atoms with Gasteiger partial charge in [-0.1, -0.05) is 18.2 Å². The molecule has 0 unspecified atom stereocenters. The highest BCUT2D eigenvalue weighted by Gasteiger charge is 2.12. The van der Waals surface area contributed by atoms with Gasteiger partial charge >= 0.3 is 12.0 Å². The summed E-state index contributed by atoms with van der Waals surface area (Å²) < 4.78 is 9.99. The summed E-state index contributed by atoms with van der Waals surface area (Å²) in [5, 5.41) is 4.52. The molecule has 0 bridgehead atoms. The number of carbonyl (C=O) groups excluding carboxylic acids is 3. The molecule has 1 aromatic carbocycles. The molecule has 120 valence electrons. The number of esters is 1. The molecule has 0 spiro atoms. The number of hydrogen-bond acceptors (Lipinski definition) is 5. The number of urea groups is 1. The van der Waals surface area contributed by atoms with Crippen LogP contribution in [0.5, 0.6) is 5.75 Å². The summed E-state index contributed by atoms with van der Waals surface area (Å²) in [7, 11) is 0. The van der Waals surface area contributed by atoms with Crippen LogP contribution in [0.3, 0.4) is 0 Å². The Morgan fingerprint density at radius 1 is 1.14 bits per heavy atom. The number of amides is 3. The Morgan fingerprint density at radius 2 is 1.82 bits per heavy atom. The van der Waals surface area contributed by atoms with Crippen LogP contribution in [0.25, 0.3) is 0 Å². The van der Waals surface area contributed by atoms with Gasteiger partial charge in [-0.15, -0.1) is 0 Å². The van der Waals surface area contributed by atoms with E-state index in [2.05, 4.69) is 5.32 Å². The molecule has 0 heterocycles. The van der Waals surface area contributed by atoms with Gasteiger partial charge in [0.05, 0.1) is 0 Å². The Bertz CT molecular complexity index is 542. The zero-order valence-corrected chi connectivity index (χ0v) is 12.8. The Morgan fingerprint density at radius 3 is 2.45 bits per heavy atom. The van der Waals surface area contributed by atoms with Crippen molar-refractivity contribution in [3.05, 3.63) is 29.8 Å². The summed E-state index contributed by atoms with van der Waals surface area (Å²) in [5.74, 6) is -0.828. The van der Waals surface area contributed by atoms with E-state index in [0.29, 0.717) is 5.75 Å². The van der Waals surface area contributed by atoms with Gasteiger partial charge in [0.25, 0.3) is 5.91 Å². The minimum absolute atomic E-state index is 0.0992. The first-order valence-corrected chi connectivity index (χ1v) is 6.83. The van der Waals surface area contributed by atoms with E-state index >= 15 is 0 Å². The first-order valence-electron chi connectivity index (χ1n) is 6.83. The fraction of sp³-hybridized carbons (Fsp3) is 0.400. The Labute approximate surface area is 129 Å². The van der Waals surface area contributed by atoms with Crippen molar-refractivity contribution in [1.82, 2.24) is 10.6 Å².